The van der Waals surface area contributed by atoms with Gasteiger partial charge in [-0.25, -0.2) is 4.79 Å². The molecule has 0 N–H and O–H groups in total. The molecule has 0 bridgehead atoms. The Morgan fingerprint density at radius 1 is 1.50 bits per heavy atom. The second kappa shape index (κ2) is 6.01. The van der Waals surface area contributed by atoms with Crippen LogP contribution in [0.25, 0.3) is 0 Å². The van der Waals surface area contributed by atoms with E-state index in [1.165, 1.54) is 7.11 Å². The van der Waals surface area contributed by atoms with Gasteiger partial charge in [0.25, 0.3) is 0 Å². The van der Waals surface area contributed by atoms with E-state index in [0.717, 1.165) is 0 Å². The van der Waals surface area contributed by atoms with Crippen molar-refractivity contribution >= 4 is 45.0 Å². The van der Waals surface area contributed by atoms with Gasteiger partial charge >= 0.3 is 5.97 Å². The molecule has 0 radical (unpaired) electrons. The Balaban J connectivity index is 2.38. The molecule has 106 valence electrons. The van der Waals surface area contributed by atoms with Crippen LogP contribution in [-0.4, -0.2) is 24.4 Å². The van der Waals surface area contributed by atoms with E-state index in [1.54, 1.807) is 18.2 Å². The van der Waals surface area contributed by atoms with Gasteiger partial charge in [-0.15, -0.1) is 0 Å². The number of Topliss-reactive ketones (excluding diaryl/α,β-unsaturated/α-hetero) is 1. The molecular formula is C13H12BrClN2O3. The van der Waals surface area contributed by atoms with Crippen molar-refractivity contribution in [3.05, 3.63) is 27.7 Å². The molecule has 0 aliphatic heterocycles. The Bertz CT molecular complexity index is 591. The summed E-state index contributed by atoms with van der Waals surface area (Å²) >= 11 is 9.25. The van der Waals surface area contributed by atoms with Crippen molar-refractivity contribution in [1.29, 1.82) is 0 Å². The summed E-state index contributed by atoms with van der Waals surface area (Å²) in [6, 6.07) is 5.09. The summed E-state index contributed by atoms with van der Waals surface area (Å²) in [6.07, 6.45) is 1.23. The van der Waals surface area contributed by atoms with E-state index in [-0.39, 0.29) is 5.78 Å². The summed E-state index contributed by atoms with van der Waals surface area (Å²) in [6.45, 7) is 0. The van der Waals surface area contributed by atoms with E-state index >= 15 is 0 Å². The molecular weight excluding hydrogens is 348 g/mol. The predicted molar refractivity (Wildman–Crippen MR) is 77.3 cm³/mol. The minimum absolute atomic E-state index is 0.258. The molecule has 0 aromatic heterocycles. The first-order chi connectivity index (χ1) is 9.51. The smallest absolute Gasteiger partial charge is 0.343 e. The van der Waals surface area contributed by atoms with Gasteiger partial charge in [0.05, 0.1) is 16.6 Å². The maximum atomic E-state index is 12.0. The van der Waals surface area contributed by atoms with E-state index in [1.807, 2.05) is 0 Å². The van der Waals surface area contributed by atoms with Crippen molar-refractivity contribution in [2.24, 2.45) is 10.2 Å². The fourth-order valence-electron chi connectivity index (χ4n) is 2.09. The van der Waals surface area contributed by atoms with E-state index in [9.17, 15) is 9.59 Å². The highest BCUT2D eigenvalue weighted by molar-refractivity contribution is 9.10. The molecule has 0 heterocycles. The number of azo groups is 1. The number of halogens is 2. The van der Waals surface area contributed by atoms with Crippen molar-refractivity contribution in [2.75, 3.05) is 7.11 Å². The van der Waals surface area contributed by atoms with Crippen LogP contribution in [0.3, 0.4) is 0 Å². The lowest BCUT2D eigenvalue weighted by Gasteiger charge is -2.17. The van der Waals surface area contributed by atoms with Gasteiger partial charge in [0.1, 0.15) is 5.69 Å². The average molecular weight is 360 g/mol. The maximum absolute atomic E-state index is 12.0. The van der Waals surface area contributed by atoms with Crippen molar-refractivity contribution in [1.82, 2.24) is 0 Å². The molecule has 1 fully saturated rings. The Morgan fingerprint density at radius 3 is 2.85 bits per heavy atom. The molecule has 1 aliphatic rings. The minimum Gasteiger partial charge on any atom is -0.467 e. The van der Waals surface area contributed by atoms with Crippen LogP contribution in [0.4, 0.5) is 5.69 Å². The molecule has 20 heavy (non-hydrogen) atoms. The second-order valence-corrected chi connectivity index (χ2v) is 5.60. The van der Waals surface area contributed by atoms with Crippen LogP contribution in [0.2, 0.25) is 5.02 Å². The number of esters is 1. The molecule has 1 aromatic carbocycles. The molecule has 1 aromatic rings. The Morgan fingerprint density at radius 2 is 2.25 bits per heavy atom. The summed E-state index contributed by atoms with van der Waals surface area (Å²) in [4.78, 5) is 23.9. The molecule has 0 amide bonds. The fraction of sp³-hybridized carbons (Fsp3) is 0.385. The first-order valence-electron chi connectivity index (χ1n) is 6.00. The fourth-order valence-corrected chi connectivity index (χ4v) is 2.60. The normalized spacial score (nSPS) is 22.4. The standard InChI is InChI=1S/C13H12BrClN2O3/c1-20-12(19)13(7-3-6-10(13)18)17-16-9-5-2-4-8(15)11(9)14/h2,4-5H,3,6-7H2,1H3/b17-16+. The zero-order valence-corrected chi connectivity index (χ0v) is 13.1. The lowest BCUT2D eigenvalue weighted by Crippen LogP contribution is -2.41. The molecule has 1 unspecified atom stereocenters. The highest BCUT2D eigenvalue weighted by atomic mass is 79.9. The quantitative estimate of drug-likeness (QED) is 0.467. The average Bonchev–Trinajstić information content (AvgIpc) is 2.82. The molecule has 1 aliphatic carbocycles. The number of hydrogen-bond donors (Lipinski definition) is 0. The third kappa shape index (κ3) is 2.62. The molecule has 0 spiro atoms. The summed E-state index contributed by atoms with van der Waals surface area (Å²) in [7, 11) is 1.24. The second-order valence-electron chi connectivity index (χ2n) is 4.40. The van der Waals surface area contributed by atoms with Gasteiger partial charge < -0.3 is 4.74 Å². The van der Waals surface area contributed by atoms with E-state index in [2.05, 4.69) is 26.2 Å². The van der Waals surface area contributed by atoms with Crippen molar-refractivity contribution in [3.8, 4) is 0 Å². The summed E-state index contributed by atoms with van der Waals surface area (Å²) in [5.74, 6) is -0.923. The van der Waals surface area contributed by atoms with Crippen LogP contribution in [0.1, 0.15) is 19.3 Å². The molecule has 7 heteroatoms. The minimum atomic E-state index is -1.50. The summed E-state index contributed by atoms with van der Waals surface area (Å²) in [5.41, 5.74) is -1.04. The Kier molecular flexibility index (Phi) is 4.55. The lowest BCUT2D eigenvalue weighted by molar-refractivity contribution is -0.150. The van der Waals surface area contributed by atoms with Crippen molar-refractivity contribution in [2.45, 2.75) is 24.8 Å². The van der Waals surface area contributed by atoms with Crippen LogP contribution in [-0.2, 0) is 14.3 Å². The van der Waals surface area contributed by atoms with Crippen LogP contribution < -0.4 is 0 Å². The van der Waals surface area contributed by atoms with Crippen LogP contribution in [0, 0.1) is 0 Å². The maximum Gasteiger partial charge on any atom is 0.343 e. The van der Waals surface area contributed by atoms with Gasteiger partial charge in [-0.05, 0) is 40.9 Å². The van der Waals surface area contributed by atoms with Crippen LogP contribution in [0.5, 0.6) is 0 Å². The highest BCUT2D eigenvalue weighted by Crippen LogP contribution is 2.36. The third-order valence-corrected chi connectivity index (χ3v) is 4.56. The van der Waals surface area contributed by atoms with Gasteiger partial charge in [0.2, 0.25) is 5.54 Å². The Labute approximate surface area is 129 Å². The monoisotopic (exact) mass is 358 g/mol. The number of carbonyl (C=O) groups excluding carboxylic acids is 2. The number of carbonyl (C=O) groups is 2. The number of rotatable bonds is 3. The predicted octanol–water partition coefficient (Wildman–Crippen LogP) is 3.85. The SMILES string of the molecule is COC(=O)C1(/N=N/c2cccc(Cl)c2Br)CCCC1=O. The van der Waals surface area contributed by atoms with E-state index in [4.69, 9.17) is 16.3 Å². The number of ketones is 1. The first-order valence-corrected chi connectivity index (χ1v) is 7.17. The van der Waals surface area contributed by atoms with Crippen molar-refractivity contribution in [3.63, 3.8) is 0 Å². The molecule has 1 atom stereocenters. The molecule has 0 saturated heterocycles. The molecule has 5 nitrogen and oxygen atoms in total. The Hall–Kier alpha value is -1.27. The summed E-state index contributed by atoms with van der Waals surface area (Å²) < 4.78 is 5.26. The number of benzene rings is 1. The van der Waals surface area contributed by atoms with Crippen molar-refractivity contribution < 1.29 is 14.3 Å². The molecule has 1 saturated carbocycles. The van der Waals surface area contributed by atoms with Gasteiger partial charge in [-0.3, -0.25) is 4.79 Å². The number of methoxy groups -OCH3 is 1. The zero-order chi connectivity index (χ0) is 14.8. The largest absolute Gasteiger partial charge is 0.467 e. The van der Waals surface area contributed by atoms with E-state index < -0.39 is 11.5 Å². The van der Waals surface area contributed by atoms with Crippen LogP contribution >= 0.6 is 27.5 Å². The third-order valence-electron chi connectivity index (χ3n) is 3.19. The van der Waals surface area contributed by atoms with Gasteiger partial charge in [0.15, 0.2) is 5.78 Å². The number of nitrogens with zero attached hydrogens (tertiary/aromatic N) is 2. The van der Waals surface area contributed by atoms with Gasteiger partial charge in [-0.1, -0.05) is 17.7 Å². The lowest BCUT2D eigenvalue weighted by atomic mass is 9.98. The zero-order valence-electron chi connectivity index (χ0n) is 10.7. The number of ether oxygens (including phenoxy) is 1. The summed E-state index contributed by atoms with van der Waals surface area (Å²) in [5, 5.41) is 8.48. The van der Waals surface area contributed by atoms with Gasteiger partial charge in [0, 0.05) is 6.42 Å². The molecule has 2 rings (SSSR count). The number of hydrogen-bond acceptors (Lipinski definition) is 5. The topological polar surface area (TPSA) is 68.1 Å². The highest BCUT2D eigenvalue weighted by Gasteiger charge is 2.50. The van der Waals surface area contributed by atoms with Gasteiger partial charge in [-0.2, -0.15) is 10.2 Å². The van der Waals surface area contributed by atoms with E-state index in [0.29, 0.717) is 34.4 Å². The first kappa shape index (κ1) is 15.1. The van der Waals surface area contributed by atoms with Crippen LogP contribution in [0.15, 0.2) is 32.9 Å².